The first-order valence-corrected chi connectivity index (χ1v) is 9.76. The van der Waals surface area contributed by atoms with Crippen LogP contribution in [0.15, 0.2) is 30.3 Å². The van der Waals surface area contributed by atoms with Gasteiger partial charge in [0.2, 0.25) is 0 Å². The molecule has 6 nitrogen and oxygen atoms in total. The summed E-state index contributed by atoms with van der Waals surface area (Å²) in [5.74, 6) is 0.777. The highest BCUT2D eigenvalue weighted by molar-refractivity contribution is 5.95. The van der Waals surface area contributed by atoms with E-state index < -0.39 is 0 Å². The average molecular weight is 380 g/mol. The average Bonchev–Trinajstić information content (AvgIpc) is 2.67. The number of aryl methyl sites for hydroxylation is 1. The molecule has 0 saturated carbocycles. The molecule has 6 heteroatoms. The van der Waals surface area contributed by atoms with Crippen molar-refractivity contribution in [2.24, 2.45) is 0 Å². The Morgan fingerprint density at radius 2 is 1.93 bits per heavy atom. The fraction of sp³-hybridized carbons (Fsp3) is 0.409. The van der Waals surface area contributed by atoms with Gasteiger partial charge >= 0.3 is 0 Å². The number of anilines is 1. The van der Waals surface area contributed by atoms with Crippen LogP contribution in [0.25, 0.3) is 11.3 Å². The zero-order valence-electron chi connectivity index (χ0n) is 17.1. The molecule has 2 N–H and O–H groups in total. The number of carbonyl (C=O) groups excluding carboxylic acids is 1. The molecule has 0 unspecified atom stereocenters. The van der Waals surface area contributed by atoms with E-state index in [0.717, 1.165) is 48.6 Å². The smallest absolute Gasteiger partial charge is 0.253 e. The van der Waals surface area contributed by atoms with Crippen LogP contribution in [0.3, 0.4) is 0 Å². The van der Waals surface area contributed by atoms with E-state index in [1.54, 1.807) is 0 Å². The Balaban J connectivity index is 1.92. The molecule has 0 spiro atoms. The van der Waals surface area contributed by atoms with Crippen LogP contribution in [0.4, 0.5) is 5.82 Å². The molecule has 1 aliphatic heterocycles. The highest BCUT2D eigenvalue weighted by Gasteiger charge is 2.21. The van der Waals surface area contributed by atoms with E-state index in [1.807, 2.05) is 56.0 Å². The summed E-state index contributed by atoms with van der Waals surface area (Å²) in [6, 6.07) is 9.88. The molecular formula is C22H29N5O. The Labute approximate surface area is 167 Å². The zero-order chi connectivity index (χ0) is 20.3. The van der Waals surface area contributed by atoms with Crippen LogP contribution in [0.5, 0.6) is 0 Å². The summed E-state index contributed by atoms with van der Waals surface area (Å²) in [4.78, 5) is 21.8. The van der Waals surface area contributed by atoms with Crippen molar-refractivity contribution in [1.82, 2.24) is 14.8 Å². The molecule has 0 aliphatic carbocycles. The van der Waals surface area contributed by atoms with E-state index in [4.69, 9.17) is 10.4 Å². The first-order chi connectivity index (χ1) is 13.4. The number of rotatable bonds is 5. The number of aromatic nitrogens is 1. The lowest BCUT2D eigenvalue weighted by Gasteiger charge is -2.32. The van der Waals surface area contributed by atoms with Gasteiger partial charge in [-0.3, -0.25) is 4.79 Å². The van der Waals surface area contributed by atoms with Crippen LogP contribution in [0.2, 0.25) is 0 Å². The lowest BCUT2D eigenvalue weighted by atomic mass is 10.0. The summed E-state index contributed by atoms with van der Waals surface area (Å²) in [6.07, 6.45) is 1.34. The van der Waals surface area contributed by atoms with Gasteiger partial charge in [0.1, 0.15) is 5.82 Å². The largest absolute Gasteiger partial charge is 0.367 e. The van der Waals surface area contributed by atoms with Gasteiger partial charge in [0, 0.05) is 55.1 Å². The summed E-state index contributed by atoms with van der Waals surface area (Å²) in [5, 5.41) is 11.0. The van der Waals surface area contributed by atoms with Crippen LogP contribution in [0, 0.1) is 12.3 Å². The molecule has 28 heavy (non-hydrogen) atoms. The lowest BCUT2D eigenvalue weighted by Crippen LogP contribution is -2.47. The van der Waals surface area contributed by atoms with Gasteiger partial charge < -0.3 is 20.5 Å². The molecule has 1 aliphatic rings. The second kappa shape index (κ2) is 8.52. The molecule has 0 atom stereocenters. The van der Waals surface area contributed by atoms with Gasteiger partial charge in [0.05, 0.1) is 5.69 Å². The van der Waals surface area contributed by atoms with E-state index in [0.29, 0.717) is 11.4 Å². The Bertz CT molecular complexity index is 869. The summed E-state index contributed by atoms with van der Waals surface area (Å²) in [7, 11) is 2.08. The number of benzene rings is 1. The van der Waals surface area contributed by atoms with Gasteiger partial charge in [0.15, 0.2) is 0 Å². The van der Waals surface area contributed by atoms with Gasteiger partial charge in [-0.15, -0.1) is 0 Å². The quantitative estimate of drug-likeness (QED) is 0.782. The minimum Gasteiger partial charge on any atom is -0.367 e. The number of hydrogen-bond acceptors (Lipinski definition) is 5. The standard InChI is InChI=1S/C22H29N5O/c1-15(2)24-21-19(14-23)16(3)12-20(25-21)17-6-5-7-18(13-17)22(28)27-10-8-26(4)9-11-27/h5-7,12-15,23H,8-11H2,1-4H3,(H,24,25). The van der Waals surface area contributed by atoms with Crippen molar-refractivity contribution in [1.29, 1.82) is 5.41 Å². The van der Waals surface area contributed by atoms with Crippen molar-refractivity contribution in [3.63, 3.8) is 0 Å². The Morgan fingerprint density at radius 3 is 2.57 bits per heavy atom. The van der Waals surface area contributed by atoms with Crippen molar-refractivity contribution < 1.29 is 4.79 Å². The van der Waals surface area contributed by atoms with Crippen molar-refractivity contribution in [3.8, 4) is 11.3 Å². The topological polar surface area (TPSA) is 72.3 Å². The fourth-order valence-corrected chi connectivity index (χ4v) is 3.40. The van der Waals surface area contributed by atoms with Gasteiger partial charge in [-0.05, 0) is 51.6 Å². The number of amides is 1. The highest BCUT2D eigenvalue weighted by Crippen LogP contribution is 2.26. The first-order valence-electron chi connectivity index (χ1n) is 9.76. The second-order valence-corrected chi connectivity index (χ2v) is 7.71. The molecule has 1 fully saturated rings. The third-order valence-electron chi connectivity index (χ3n) is 5.03. The molecule has 1 aromatic carbocycles. The number of likely N-dealkylation sites (N-methyl/N-ethyl adjacent to an activating group) is 1. The molecule has 2 heterocycles. The normalized spacial score (nSPS) is 15.0. The predicted molar refractivity (Wildman–Crippen MR) is 114 cm³/mol. The highest BCUT2D eigenvalue weighted by atomic mass is 16.2. The molecule has 0 bridgehead atoms. The van der Waals surface area contributed by atoms with Gasteiger partial charge in [-0.1, -0.05) is 12.1 Å². The minimum atomic E-state index is 0.0725. The van der Waals surface area contributed by atoms with E-state index in [1.165, 1.54) is 6.21 Å². The maximum absolute atomic E-state index is 12.9. The second-order valence-electron chi connectivity index (χ2n) is 7.71. The number of pyridine rings is 1. The van der Waals surface area contributed by atoms with Crippen LogP contribution >= 0.6 is 0 Å². The van der Waals surface area contributed by atoms with Crippen molar-refractivity contribution in [2.45, 2.75) is 26.8 Å². The molecule has 0 radical (unpaired) electrons. The number of hydrogen-bond donors (Lipinski definition) is 2. The maximum Gasteiger partial charge on any atom is 0.253 e. The monoisotopic (exact) mass is 379 g/mol. The molecule has 2 aromatic rings. The molecular weight excluding hydrogens is 350 g/mol. The first kappa shape index (κ1) is 20.0. The summed E-state index contributed by atoms with van der Waals surface area (Å²) in [5.41, 5.74) is 4.18. The minimum absolute atomic E-state index is 0.0725. The number of nitrogens with zero attached hydrogens (tertiary/aromatic N) is 3. The van der Waals surface area contributed by atoms with E-state index in [9.17, 15) is 4.79 Å². The van der Waals surface area contributed by atoms with Crippen LogP contribution in [-0.2, 0) is 0 Å². The third kappa shape index (κ3) is 4.39. The van der Waals surface area contributed by atoms with Crippen molar-refractivity contribution in [3.05, 3.63) is 47.0 Å². The van der Waals surface area contributed by atoms with Gasteiger partial charge in [-0.2, -0.15) is 0 Å². The zero-order valence-corrected chi connectivity index (χ0v) is 17.1. The third-order valence-corrected chi connectivity index (χ3v) is 5.03. The van der Waals surface area contributed by atoms with Crippen LogP contribution in [0.1, 0.15) is 35.3 Å². The Hall–Kier alpha value is -2.73. The van der Waals surface area contributed by atoms with Crippen LogP contribution < -0.4 is 5.32 Å². The fourth-order valence-electron chi connectivity index (χ4n) is 3.40. The Kier molecular flexibility index (Phi) is 6.09. The Morgan fingerprint density at radius 1 is 1.21 bits per heavy atom. The summed E-state index contributed by atoms with van der Waals surface area (Å²) >= 11 is 0. The van der Waals surface area contributed by atoms with Crippen molar-refractivity contribution >= 4 is 17.9 Å². The van der Waals surface area contributed by atoms with Crippen molar-refractivity contribution in [2.75, 3.05) is 38.5 Å². The maximum atomic E-state index is 12.9. The number of carbonyl (C=O) groups is 1. The van der Waals surface area contributed by atoms with Gasteiger partial charge in [-0.25, -0.2) is 4.98 Å². The molecule has 3 rings (SSSR count). The molecule has 148 valence electrons. The SMILES string of the molecule is Cc1cc(-c2cccc(C(=O)N3CCN(C)CC3)c2)nc(NC(C)C)c1C=N. The van der Waals surface area contributed by atoms with Gasteiger partial charge in [0.25, 0.3) is 5.91 Å². The summed E-state index contributed by atoms with van der Waals surface area (Å²) < 4.78 is 0. The molecule has 1 aromatic heterocycles. The predicted octanol–water partition coefficient (Wildman–Crippen LogP) is 3.26. The van der Waals surface area contributed by atoms with E-state index in [2.05, 4.69) is 17.3 Å². The summed E-state index contributed by atoms with van der Waals surface area (Å²) in [6.45, 7) is 9.40. The molecule has 1 saturated heterocycles. The number of piperazine rings is 1. The van der Waals surface area contributed by atoms with Crippen LogP contribution in [-0.4, -0.2) is 66.2 Å². The molecule has 1 amide bonds. The van der Waals surface area contributed by atoms with E-state index >= 15 is 0 Å². The number of nitrogens with one attached hydrogen (secondary N) is 2. The lowest BCUT2D eigenvalue weighted by molar-refractivity contribution is 0.0664. The van der Waals surface area contributed by atoms with E-state index in [-0.39, 0.29) is 11.9 Å².